The van der Waals surface area contributed by atoms with Crippen LogP contribution in [-0.4, -0.2) is 17.9 Å². The molecule has 0 spiro atoms. The molecule has 2 atom stereocenters. The Labute approximate surface area is 153 Å². The Balaban J connectivity index is 1.44. The molecule has 0 bridgehead atoms. The zero-order chi connectivity index (χ0) is 18.4. The quantitative estimate of drug-likeness (QED) is 0.652. The van der Waals surface area contributed by atoms with Crippen LogP contribution in [0.2, 0.25) is 0 Å². The van der Waals surface area contributed by atoms with Gasteiger partial charge in [0.25, 0.3) is 0 Å². The Bertz CT molecular complexity index is 965. The van der Waals surface area contributed by atoms with Crippen LogP contribution in [0.15, 0.2) is 39.4 Å². The summed E-state index contributed by atoms with van der Waals surface area (Å²) in [4.78, 5) is 14.4. The van der Waals surface area contributed by atoms with E-state index in [9.17, 15) is 4.79 Å². The van der Waals surface area contributed by atoms with Crippen molar-refractivity contribution in [3.8, 4) is 0 Å². The van der Waals surface area contributed by atoms with Gasteiger partial charge in [-0.2, -0.15) is 0 Å². The highest BCUT2D eigenvalue weighted by Gasteiger charge is 2.36. The van der Waals surface area contributed by atoms with Crippen molar-refractivity contribution in [1.82, 2.24) is 4.90 Å². The second-order valence-corrected chi connectivity index (χ2v) is 7.70. The molecule has 0 radical (unpaired) electrons. The lowest BCUT2D eigenvalue weighted by atomic mass is 10.0. The minimum Gasteiger partial charge on any atom is -0.464 e. The van der Waals surface area contributed by atoms with Crippen molar-refractivity contribution in [1.29, 1.82) is 0 Å². The van der Waals surface area contributed by atoms with Gasteiger partial charge in [-0.15, -0.1) is 0 Å². The van der Waals surface area contributed by atoms with E-state index in [1.807, 2.05) is 26.1 Å². The molecule has 0 saturated heterocycles. The molecule has 4 nitrogen and oxygen atoms in total. The van der Waals surface area contributed by atoms with Gasteiger partial charge in [-0.1, -0.05) is 19.1 Å². The Morgan fingerprint density at radius 3 is 2.73 bits per heavy atom. The van der Waals surface area contributed by atoms with Crippen LogP contribution in [0.3, 0.4) is 0 Å². The number of fused-ring (bicyclic) bond motifs is 1. The third-order valence-electron chi connectivity index (χ3n) is 5.66. The molecule has 0 unspecified atom stereocenters. The van der Waals surface area contributed by atoms with Crippen molar-refractivity contribution in [2.75, 3.05) is 7.05 Å². The van der Waals surface area contributed by atoms with Gasteiger partial charge in [-0.05, 0) is 49.4 Å². The van der Waals surface area contributed by atoms with Gasteiger partial charge >= 0.3 is 0 Å². The van der Waals surface area contributed by atoms with Gasteiger partial charge in [-0.25, -0.2) is 0 Å². The predicted molar refractivity (Wildman–Crippen MR) is 101 cm³/mol. The summed E-state index contributed by atoms with van der Waals surface area (Å²) in [5.74, 6) is 3.24. The van der Waals surface area contributed by atoms with Crippen LogP contribution < -0.4 is 0 Å². The average molecular weight is 351 g/mol. The maximum atomic E-state index is 12.7. The van der Waals surface area contributed by atoms with Gasteiger partial charge in [0.05, 0.1) is 19.2 Å². The van der Waals surface area contributed by atoms with E-state index in [1.165, 1.54) is 12.0 Å². The number of carbonyl (C=O) groups excluding carboxylic acids is 1. The van der Waals surface area contributed by atoms with E-state index in [0.717, 1.165) is 39.5 Å². The molecule has 136 valence electrons. The van der Waals surface area contributed by atoms with Crippen LogP contribution in [0.25, 0.3) is 11.0 Å². The maximum Gasteiger partial charge on any atom is 0.227 e. The first kappa shape index (κ1) is 17.0. The Morgan fingerprint density at radius 1 is 1.23 bits per heavy atom. The van der Waals surface area contributed by atoms with E-state index in [0.29, 0.717) is 18.9 Å². The summed E-state index contributed by atoms with van der Waals surface area (Å²) >= 11 is 0. The van der Waals surface area contributed by atoms with Crippen molar-refractivity contribution >= 4 is 16.9 Å². The molecule has 4 rings (SSSR count). The molecule has 1 saturated carbocycles. The number of nitrogens with zero attached hydrogens (tertiary/aromatic N) is 1. The van der Waals surface area contributed by atoms with Crippen LogP contribution in [0.1, 0.15) is 47.5 Å². The summed E-state index contributed by atoms with van der Waals surface area (Å²) in [6, 6.07) is 8.16. The summed E-state index contributed by atoms with van der Waals surface area (Å²) in [5, 5.41) is 1.03. The van der Waals surface area contributed by atoms with E-state index in [-0.39, 0.29) is 5.91 Å². The summed E-state index contributed by atoms with van der Waals surface area (Å²) < 4.78 is 11.6. The number of furan rings is 2. The number of aryl methyl sites for hydroxylation is 2. The number of benzene rings is 1. The van der Waals surface area contributed by atoms with E-state index < -0.39 is 0 Å². The zero-order valence-electron chi connectivity index (χ0n) is 15.8. The number of carbonyl (C=O) groups is 1. The van der Waals surface area contributed by atoms with Gasteiger partial charge in [0.2, 0.25) is 5.91 Å². The van der Waals surface area contributed by atoms with Crippen molar-refractivity contribution in [3.63, 3.8) is 0 Å². The minimum absolute atomic E-state index is 0.0590. The Kier molecular flexibility index (Phi) is 4.14. The first-order valence-electron chi connectivity index (χ1n) is 9.23. The third-order valence-corrected chi connectivity index (χ3v) is 5.66. The molecule has 1 aromatic carbocycles. The highest BCUT2D eigenvalue weighted by Crippen LogP contribution is 2.47. The summed E-state index contributed by atoms with van der Waals surface area (Å²) in [6.07, 6.45) is 3.25. The molecule has 2 heterocycles. The first-order valence-corrected chi connectivity index (χ1v) is 9.23. The number of amides is 1. The van der Waals surface area contributed by atoms with Gasteiger partial charge in [-0.3, -0.25) is 4.79 Å². The van der Waals surface area contributed by atoms with Gasteiger partial charge in [0, 0.05) is 23.9 Å². The van der Waals surface area contributed by atoms with Crippen molar-refractivity contribution < 1.29 is 13.6 Å². The molecule has 1 fully saturated rings. The SMILES string of the molecule is Cc1ccc2c(CC(=O)N(C)Cc3ccc([C@H]4C[C@@H]4C)o3)coc2c1C. The van der Waals surface area contributed by atoms with Gasteiger partial charge < -0.3 is 13.7 Å². The van der Waals surface area contributed by atoms with Gasteiger partial charge in [0.1, 0.15) is 17.1 Å². The molecular weight excluding hydrogens is 326 g/mol. The smallest absolute Gasteiger partial charge is 0.227 e. The molecule has 1 aliphatic carbocycles. The largest absolute Gasteiger partial charge is 0.464 e. The molecule has 1 amide bonds. The minimum atomic E-state index is 0.0590. The lowest BCUT2D eigenvalue weighted by molar-refractivity contribution is -0.129. The number of hydrogen-bond acceptors (Lipinski definition) is 3. The maximum absolute atomic E-state index is 12.7. The second-order valence-electron chi connectivity index (χ2n) is 7.70. The number of hydrogen-bond donors (Lipinski definition) is 0. The van der Waals surface area contributed by atoms with E-state index in [4.69, 9.17) is 8.83 Å². The van der Waals surface area contributed by atoms with Gasteiger partial charge in [0.15, 0.2) is 0 Å². The normalized spacial score (nSPS) is 19.1. The molecule has 1 aliphatic rings. The lowest BCUT2D eigenvalue weighted by Crippen LogP contribution is -2.27. The first-order chi connectivity index (χ1) is 12.4. The molecule has 4 heteroatoms. The Hall–Kier alpha value is -2.49. The summed E-state index contributed by atoms with van der Waals surface area (Å²) in [6.45, 7) is 6.85. The Morgan fingerprint density at radius 2 is 2.00 bits per heavy atom. The van der Waals surface area contributed by atoms with Crippen molar-refractivity contribution in [3.05, 3.63) is 58.7 Å². The van der Waals surface area contributed by atoms with E-state index >= 15 is 0 Å². The van der Waals surface area contributed by atoms with Crippen molar-refractivity contribution in [2.45, 2.75) is 46.1 Å². The molecular formula is C22H25NO3. The van der Waals surface area contributed by atoms with E-state index in [1.54, 1.807) is 11.2 Å². The van der Waals surface area contributed by atoms with Crippen LogP contribution in [0.5, 0.6) is 0 Å². The molecule has 26 heavy (non-hydrogen) atoms. The monoisotopic (exact) mass is 351 g/mol. The number of rotatable bonds is 5. The summed E-state index contributed by atoms with van der Waals surface area (Å²) in [5.41, 5.74) is 4.14. The fourth-order valence-corrected chi connectivity index (χ4v) is 3.54. The molecule has 0 N–H and O–H groups in total. The highest BCUT2D eigenvalue weighted by molar-refractivity contribution is 5.89. The van der Waals surface area contributed by atoms with Crippen LogP contribution in [0, 0.1) is 19.8 Å². The molecule has 2 aromatic heterocycles. The fourth-order valence-electron chi connectivity index (χ4n) is 3.54. The molecule has 3 aromatic rings. The molecule has 0 aliphatic heterocycles. The second kappa shape index (κ2) is 6.35. The van der Waals surface area contributed by atoms with Crippen LogP contribution in [-0.2, 0) is 17.8 Å². The number of likely N-dealkylation sites (N-methyl/N-ethyl adjacent to an activating group) is 1. The lowest BCUT2D eigenvalue weighted by Gasteiger charge is -2.15. The standard InChI is InChI=1S/C22H25NO3/c1-13-5-7-18-16(12-25-22(18)15(13)3)10-21(24)23(4)11-17-6-8-20(26-17)19-9-14(19)2/h5-8,12,14,19H,9-11H2,1-4H3/t14-,19-/m0/s1. The van der Waals surface area contributed by atoms with Crippen LogP contribution in [0.4, 0.5) is 0 Å². The average Bonchev–Trinajstić information content (AvgIpc) is 3.00. The summed E-state index contributed by atoms with van der Waals surface area (Å²) in [7, 11) is 1.82. The third kappa shape index (κ3) is 3.05. The van der Waals surface area contributed by atoms with E-state index in [2.05, 4.69) is 26.0 Å². The van der Waals surface area contributed by atoms with Crippen LogP contribution >= 0.6 is 0 Å². The topological polar surface area (TPSA) is 46.6 Å². The zero-order valence-corrected chi connectivity index (χ0v) is 15.8. The highest BCUT2D eigenvalue weighted by atomic mass is 16.3. The van der Waals surface area contributed by atoms with Crippen molar-refractivity contribution in [2.24, 2.45) is 5.92 Å². The predicted octanol–water partition coefficient (Wildman–Crippen LogP) is 4.97. The fraction of sp³-hybridized carbons (Fsp3) is 0.409.